The minimum Gasteiger partial charge on any atom is -1.00 e. The quantitative estimate of drug-likeness (QED) is 0.100. The van der Waals surface area contributed by atoms with Crippen molar-refractivity contribution in [2.75, 3.05) is 0 Å². The van der Waals surface area contributed by atoms with Crippen molar-refractivity contribution in [3.05, 3.63) is 60.2 Å². The van der Waals surface area contributed by atoms with Crippen LogP contribution in [0.25, 0.3) is 0 Å². The van der Waals surface area contributed by atoms with Crippen LogP contribution >= 0.6 is 0 Å². The van der Waals surface area contributed by atoms with Crippen LogP contribution < -0.4 is 57.1 Å². The Labute approximate surface area is 183 Å². The molecule has 0 saturated heterocycles. The summed E-state index contributed by atoms with van der Waals surface area (Å²) in [6.45, 7) is 5.80. The first-order valence-corrected chi connectivity index (χ1v) is 7.38. The maximum Gasteiger partial charge on any atom is 0.226 e. The molecule has 0 saturated carbocycles. The third-order valence-corrected chi connectivity index (χ3v) is 3.17. The number of carbonyl (C=O) groups excluding carboxylic acids is 1. The summed E-state index contributed by atoms with van der Waals surface area (Å²) < 4.78 is 3.75. The fourth-order valence-corrected chi connectivity index (χ4v) is 1.89. The molecule has 138 valence electrons. The van der Waals surface area contributed by atoms with Gasteiger partial charge in [0.2, 0.25) is 5.69 Å². The topological polar surface area (TPSA) is 57.4 Å². The van der Waals surface area contributed by atoms with Gasteiger partial charge in [0, 0.05) is 23.6 Å². The molecule has 2 aromatic rings. The lowest BCUT2D eigenvalue weighted by Crippen LogP contribution is -3.00. The number of hydrogen-bond acceptors (Lipinski definition) is 3. The number of hydrogen-bond donors (Lipinski definition) is 1. The van der Waals surface area contributed by atoms with Crippen LogP contribution in [-0.2, 0) is 14.1 Å². The molecule has 0 unspecified atom stereocenters. The first kappa shape index (κ1) is 26.1. The number of carbonyl (C=O) groups is 1. The highest BCUT2D eigenvalue weighted by Gasteiger charge is 2.24. The molecule has 25 heavy (non-hydrogen) atoms. The van der Waals surface area contributed by atoms with E-state index < -0.39 is 0 Å². The van der Waals surface area contributed by atoms with Crippen molar-refractivity contribution >= 4 is 12.0 Å². The van der Waals surface area contributed by atoms with Gasteiger partial charge in [0.25, 0.3) is 0 Å². The molecular weight excluding hydrogens is 544 g/mol. The molecule has 0 spiro atoms. The Morgan fingerprint density at radius 3 is 2.20 bits per heavy atom. The van der Waals surface area contributed by atoms with Crippen molar-refractivity contribution in [1.82, 2.24) is 0 Å². The number of aryl methyl sites for hydroxylation is 2. The van der Waals surface area contributed by atoms with Crippen LogP contribution in [0, 0.1) is 5.41 Å². The van der Waals surface area contributed by atoms with Crippen molar-refractivity contribution < 1.29 is 67.1 Å². The summed E-state index contributed by atoms with van der Waals surface area (Å²) in [5, 5.41) is 11.1. The zero-order valence-electron chi connectivity index (χ0n) is 15.1. The molecule has 0 radical (unpaired) electrons. The van der Waals surface area contributed by atoms with E-state index in [4.69, 9.17) is 5.21 Å². The van der Waals surface area contributed by atoms with Crippen molar-refractivity contribution in [3.63, 3.8) is 0 Å². The lowest BCUT2D eigenvalue weighted by Gasteiger charge is -2.15. The maximum atomic E-state index is 11.8. The average molecular weight is 569 g/mol. The van der Waals surface area contributed by atoms with E-state index >= 15 is 0 Å². The molecule has 0 aliphatic rings. The van der Waals surface area contributed by atoms with Gasteiger partial charge in [-0.3, -0.25) is 4.79 Å². The molecule has 0 aliphatic carbocycles. The van der Waals surface area contributed by atoms with Gasteiger partial charge in [0.1, 0.15) is 20.3 Å². The van der Waals surface area contributed by atoms with E-state index in [0.717, 1.165) is 11.3 Å². The van der Waals surface area contributed by atoms with Gasteiger partial charge in [0.15, 0.2) is 24.4 Å². The second-order valence-electron chi connectivity index (χ2n) is 6.32. The van der Waals surface area contributed by atoms with E-state index in [0.29, 0.717) is 0 Å². The van der Waals surface area contributed by atoms with Gasteiger partial charge < -0.3 is 53.2 Å². The van der Waals surface area contributed by atoms with Crippen LogP contribution in [0.5, 0.6) is 0 Å². The third-order valence-electron chi connectivity index (χ3n) is 3.17. The van der Waals surface area contributed by atoms with E-state index in [9.17, 15) is 4.79 Å². The van der Waals surface area contributed by atoms with E-state index in [1.54, 1.807) is 0 Å². The van der Waals surface area contributed by atoms with Crippen LogP contribution in [-0.4, -0.2) is 17.2 Å². The van der Waals surface area contributed by atoms with Crippen LogP contribution in [0.3, 0.4) is 0 Å². The largest absolute Gasteiger partial charge is 1.00 e. The van der Waals surface area contributed by atoms with Crippen LogP contribution in [0.1, 0.15) is 36.8 Å². The monoisotopic (exact) mass is 569 g/mol. The number of Topliss-reactive ketones (excluding diaryl/α,β-unsaturated/α-hetero) is 1. The van der Waals surface area contributed by atoms with Gasteiger partial charge in [0.05, 0.1) is 5.56 Å². The van der Waals surface area contributed by atoms with E-state index in [1.807, 2.05) is 92.9 Å². The fourth-order valence-electron chi connectivity index (χ4n) is 1.89. The molecule has 0 bridgehead atoms. The van der Waals surface area contributed by atoms with Gasteiger partial charge in [-0.15, -0.1) is 0 Å². The average Bonchev–Trinajstić information content (AvgIpc) is 2.49. The first-order valence-electron chi connectivity index (χ1n) is 7.38. The second-order valence-corrected chi connectivity index (χ2v) is 6.32. The number of halogens is 2. The molecule has 0 amide bonds. The summed E-state index contributed by atoms with van der Waals surface area (Å²) in [7, 11) is 3.80. The molecule has 0 atom stereocenters. The lowest BCUT2D eigenvalue weighted by atomic mass is 9.87. The van der Waals surface area contributed by atoms with Gasteiger partial charge in [-0.25, -0.2) is 9.13 Å². The predicted molar refractivity (Wildman–Crippen MR) is 88.4 cm³/mol. The van der Waals surface area contributed by atoms with Crippen molar-refractivity contribution in [2.24, 2.45) is 24.7 Å². The molecule has 0 fully saturated rings. The zero-order valence-corrected chi connectivity index (χ0v) is 19.5. The number of aromatic nitrogens is 2. The number of pyridine rings is 2. The van der Waals surface area contributed by atoms with Gasteiger partial charge in [-0.1, -0.05) is 25.9 Å². The SMILES string of the molecule is C[n+]1cccc(C(=O)C(C)(C)C)c1.C[n+]1ccccc1C=NO.[I-].[I-]. The number of ketones is 1. The van der Waals surface area contributed by atoms with Gasteiger partial charge in [-0.05, 0) is 12.1 Å². The van der Waals surface area contributed by atoms with Gasteiger partial charge in [-0.2, -0.15) is 0 Å². The Balaban J connectivity index is 0. The van der Waals surface area contributed by atoms with Crippen molar-refractivity contribution in [3.8, 4) is 0 Å². The molecule has 2 heterocycles. The highest BCUT2D eigenvalue weighted by molar-refractivity contribution is 5.99. The number of oxime groups is 1. The summed E-state index contributed by atoms with van der Waals surface area (Å²) in [5.74, 6) is 0.184. The minimum atomic E-state index is -0.297. The zero-order chi connectivity index (χ0) is 17.5. The van der Waals surface area contributed by atoms with Gasteiger partial charge >= 0.3 is 0 Å². The van der Waals surface area contributed by atoms with Crippen LogP contribution in [0.4, 0.5) is 0 Å². The smallest absolute Gasteiger partial charge is 0.226 e. The first-order chi connectivity index (χ1) is 10.8. The molecule has 1 N–H and O–H groups in total. The molecule has 2 aromatic heterocycles. The molecule has 5 nitrogen and oxygen atoms in total. The Bertz CT molecular complexity index is 699. The summed E-state index contributed by atoms with van der Waals surface area (Å²) in [6.07, 6.45) is 7.05. The fraction of sp³-hybridized carbons (Fsp3) is 0.333. The second kappa shape index (κ2) is 12.3. The molecule has 2 rings (SSSR count). The maximum absolute atomic E-state index is 11.8. The minimum absolute atomic E-state index is 0. The predicted octanol–water partition coefficient (Wildman–Crippen LogP) is -3.93. The summed E-state index contributed by atoms with van der Waals surface area (Å²) in [5.41, 5.74) is 1.34. The Morgan fingerprint density at radius 2 is 1.72 bits per heavy atom. The van der Waals surface area contributed by atoms with E-state index in [-0.39, 0.29) is 59.2 Å². The Kier molecular flexibility index (Phi) is 12.8. The normalized spacial score (nSPS) is 10.1. The highest BCUT2D eigenvalue weighted by Crippen LogP contribution is 2.19. The van der Waals surface area contributed by atoms with Crippen LogP contribution in [0.2, 0.25) is 0 Å². The molecule has 7 heteroatoms. The molecule has 0 aromatic carbocycles. The van der Waals surface area contributed by atoms with Crippen LogP contribution in [0.15, 0.2) is 54.1 Å². The number of nitrogens with zero attached hydrogens (tertiary/aromatic N) is 3. The highest BCUT2D eigenvalue weighted by atomic mass is 127. The lowest BCUT2D eigenvalue weighted by molar-refractivity contribution is -0.672. The summed E-state index contributed by atoms with van der Waals surface area (Å²) in [4.78, 5) is 11.8. The molecular formula is C18H25I2N3O2. The summed E-state index contributed by atoms with van der Waals surface area (Å²) >= 11 is 0. The Hall–Kier alpha value is -1.10. The van der Waals surface area contributed by atoms with E-state index in [1.165, 1.54) is 6.21 Å². The summed E-state index contributed by atoms with van der Waals surface area (Å²) in [6, 6.07) is 9.40. The molecule has 0 aliphatic heterocycles. The standard InChI is InChI=1S/C11H16NO.C7H8N2O.2HI/c1-11(2,3)10(13)9-6-5-7-12(4)8-9;1-9-5-3-2-4-7(9)6-8-10;;/h5-8H,1-4H3;2-6H,1H3;2*1H/q+1;;;/p-1. The Morgan fingerprint density at radius 1 is 1.08 bits per heavy atom. The number of rotatable bonds is 2. The van der Waals surface area contributed by atoms with Crippen molar-refractivity contribution in [1.29, 1.82) is 0 Å². The van der Waals surface area contributed by atoms with E-state index in [2.05, 4.69) is 5.16 Å². The third kappa shape index (κ3) is 9.24. The van der Waals surface area contributed by atoms with Crippen molar-refractivity contribution in [2.45, 2.75) is 20.8 Å².